The Balaban J connectivity index is 1.48. The lowest BCUT2D eigenvalue weighted by atomic mass is 10.1. The third-order valence-electron chi connectivity index (χ3n) is 4.07. The molecule has 2 heterocycles. The average Bonchev–Trinajstić information content (AvgIpc) is 3.03. The highest BCUT2D eigenvalue weighted by Gasteiger charge is 2.24. The van der Waals surface area contributed by atoms with E-state index < -0.39 is 0 Å². The van der Waals surface area contributed by atoms with Gasteiger partial charge in [0.15, 0.2) is 0 Å². The molecule has 1 saturated heterocycles. The molecule has 5 heteroatoms. The molecule has 0 amide bonds. The fourth-order valence-electron chi connectivity index (χ4n) is 3.15. The summed E-state index contributed by atoms with van der Waals surface area (Å²) in [4.78, 5) is 6.54. The number of hydrogen-bond acceptors (Lipinski definition) is 4. The van der Waals surface area contributed by atoms with E-state index in [1.807, 2.05) is 4.68 Å². The van der Waals surface area contributed by atoms with E-state index in [2.05, 4.69) is 15.0 Å². The zero-order chi connectivity index (χ0) is 12.2. The second-order valence-electron chi connectivity index (χ2n) is 5.52. The normalized spacial score (nSPS) is 26.8. The molecule has 0 spiro atoms. The molecule has 2 aliphatic rings. The van der Waals surface area contributed by atoms with E-state index in [1.54, 1.807) is 12.7 Å². The second-order valence-corrected chi connectivity index (χ2v) is 5.52. The van der Waals surface area contributed by atoms with Crippen LogP contribution in [-0.4, -0.2) is 52.0 Å². The van der Waals surface area contributed by atoms with Gasteiger partial charge in [0, 0.05) is 19.6 Å². The lowest BCUT2D eigenvalue weighted by Gasteiger charge is -2.34. The molecule has 1 aromatic heterocycles. The topological polar surface area (TPSA) is 43.2 Å². The Bertz CT molecular complexity index is 348. The molecule has 18 heavy (non-hydrogen) atoms. The van der Waals surface area contributed by atoms with Gasteiger partial charge in [0.25, 0.3) is 0 Å². The van der Waals surface area contributed by atoms with Crippen LogP contribution < -0.4 is 0 Å². The van der Waals surface area contributed by atoms with Gasteiger partial charge in [0.2, 0.25) is 0 Å². The molecule has 0 bridgehead atoms. The van der Waals surface area contributed by atoms with Gasteiger partial charge in [-0.2, -0.15) is 5.10 Å². The lowest BCUT2D eigenvalue weighted by molar-refractivity contribution is -0.0414. The molecule has 0 aromatic carbocycles. The van der Waals surface area contributed by atoms with Crippen molar-refractivity contribution in [3.05, 3.63) is 12.7 Å². The SMILES string of the molecule is c1ncn(CC2CN(CC3CCCC3)CCO2)n1. The average molecular weight is 250 g/mol. The van der Waals surface area contributed by atoms with E-state index >= 15 is 0 Å². The Morgan fingerprint density at radius 2 is 2.11 bits per heavy atom. The van der Waals surface area contributed by atoms with Crippen LogP contribution in [0, 0.1) is 5.92 Å². The molecule has 100 valence electrons. The number of morpholine rings is 1. The van der Waals surface area contributed by atoms with Gasteiger partial charge in [0.05, 0.1) is 19.3 Å². The first-order valence-corrected chi connectivity index (χ1v) is 7.06. The van der Waals surface area contributed by atoms with Crippen LogP contribution in [0.5, 0.6) is 0 Å². The van der Waals surface area contributed by atoms with Crippen molar-refractivity contribution in [2.24, 2.45) is 5.92 Å². The van der Waals surface area contributed by atoms with Crippen molar-refractivity contribution in [3.8, 4) is 0 Å². The van der Waals surface area contributed by atoms with Gasteiger partial charge in [-0.3, -0.25) is 9.58 Å². The van der Waals surface area contributed by atoms with E-state index in [0.29, 0.717) is 0 Å². The first kappa shape index (κ1) is 12.1. The fraction of sp³-hybridized carbons (Fsp3) is 0.846. The molecule has 1 aromatic rings. The summed E-state index contributed by atoms with van der Waals surface area (Å²) in [6.07, 6.45) is 9.31. The van der Waals surface area contributed by atoms with Crippen LogP contribution in [0.2, 0.25) is 0 Å². The molecular formula is C13H22N4O. The van der Waals surface area contributed by atoms with Crippen LogP contribution in [-0.2, 0) is 11.3 Å². The predicted molar refractivity (Wildman–Crippen MR) is 68.2 cm³/mol. The highest BCUT2D eigenvalue weighted by molar-refractivity contribution is 4.77. The molecule has 2 fully saturated rings. The van der Waals surface area contributed by atoms with Gasteiger partial charge < -0.3 is 4.74 Å². The standard InChI is InChI=1S/C13H22N4O/c1-2-4-12(3-1)7-16-5-6-18-13(8-16)9-17-11-14-10-15-17/h10-13H,1-9H2. The largest absolute Gasteiger partial charge is 0.374 e. The van der Waals surface area contributed by atoms with Crippen LogP contribution in [0.1, 0.15) is 25.7 Å². The number of rotatable bonds is 4. The maximum atomic E-state index is 5.82. The monoisotopic (exact) mass is 250 g/mol. The Morgan fingerprint density at radius 1 is 1.22 bits per heavy atom. The summed E-state index contributed by atoms with van der Waals surface area (Å²) in [7, 11) is 0. The lowest BCUT2D eigenvalue weighted by Crippen LogP contribution is -2.45. The minimum absolute atomic E-state index is 0.266. The van der Waals surface area contributed by atoms with Gasteiger partial charge in [-0.15, -0.1) is 0 Å². The van der Waals surface area contributed by atoms with Crippen molar-refractivity contribution >= 4 is 0 Å². The summed E-state index contributed by atoms with van der Waals surface area (Å²) in [5.74, 6) is 0.926. The van der Waals surface area contributed by atoms with Crippen LogP contribution in [0.25, 0.3) is 0 Å². The Labute approximate surface area is 108 Å². The van der Waals surface area contributed by atoms with Crippen LogP contribution in [0.4, 0.5) is 0 Å². The Hall–Kier alpha value is -0.940. The van der Waals surface area contributed by atoms with Gasteiger partial charge in [-0.05, 0) is 18.8 Å². The third-order valence-corrected chi connectivity index (χ3v) is 4.07. The Kier molecular flexibility index (Phi) is 3.90. The first-order valence-electron chi connectivity index (χ1n) is 7.06. The van der Waals surface area contributed by atoms with Gasteiger partial charge in [0.1, 0.15) is 12.7 Å². The van der Waals surface area contributed by atoms with Crippen LogP contribution >= 0.6 is 0 Å². The van der Waals surface area contributed by atoms with Crippen molar-refractivity contribution in [1.82, 2.24) is 19.7 Å². The van der Waals surface area contributed by atoms with E-state index in [4.69, 9.17) is 4.74 Å². The van der Waals surface area contributed by atoms with Crippen LogP contribution in [0.3, 0.4) is 0 Å². The minimum Gasteiger partial charge on any atom is -0.374 e. The molecule has 0 N–H and O–H groups in total. The highest BCUT2D eigenvalue weighted by Crippen LogP contribution is 2.26. The first-order chi connectivity index (χ1) is 8.90. The summed E-state index contributed by atoms with van der Waals surface area (Å²) in [5.41, 5.74) is 0. The van der Waals surface area contributed by atoms with E-state index in [9.17, 15) is 0 Å². The summed E-state index contributed by atoms with van der Waals surface area (Å²) in [6.45, 7) is 5.06. The van der Waals surface area contributed by atoms with E-state index in [1.165, 1.54) is 32.2 Å². The molecule has 1 unspecified atom stereocenters. The molecule has 1 atom stereocenters. The van der Waals surface area contributed by atoms with Crippen LogP contribution in [0.15, 0.2) is 12.7 Å². The van der Waals surface area contributed by atoms with Crippen molar-refractivity contribution < 1.29 is 4.74 Å². The predicted octanol–water partition coefficient (Wildman–Crippen LogP) is 1.17. The summed E-state index contributed by atoms with van der Waals surface area (Å²) in [5, 5.41) is 4.15. The molecule has 3 rings (SSSR count). The molecule has 1 aliphatic heterocycles. The van der Waals surface area contributed by atoms with Crippen molar-refractivity contribution in [2.75, 3.05) is 26.2 Å². The fourth-order valence-corrected chi connectivity index (χ4v) is 3.15. The number of hydrogen-bond donors (Lipinski definition) is 0. The quantitative estimate of drug-likeness (QED) is 0.804. The molecular weight excluding hydrogens is 228 g/mol. The molecule has 5 nitrogen and oxygen atoms in total. The molecule has 1 saturated carbocycles. The third kappa shape index (κ3) is 3.09. The summed E-state index contributed by atoms with van der Waals surface area (Å²) < 4.78 is 7.68. The second kappa shape index (κ2) is 5.80. The number of nitrogens with zero attached hydrogens (tertiary/aromatic N) is 4. The van der Waals surface area contributed by atoms with Crippen molar-refractivity contribution in [1.29, 1.82) is 0 Å². The van der Waals surface area contributed by atoms with Gasteiger partial charge in [-0.25, -0.2) is 4.98 Å². The summed E-state index contributed by atoms with van der Waals surface area (Å²) in [6, 6.07) is 0. The van der Waals surface area contributed by atoms with E-state index in [0.717, 1.165) is 32.2 Å². The van der Waals surface area contributed by atoms with Gasteiger partial charge in [-0.1, -0.05) is 12.8 Å². The Morgan fingerprint density at radius 3 is 2.89 bits per heavy atom. The maximum absolute atomic E-state index is 5.82. The van der Waals surface area contributed by atoms with Gasteiger partial charge >= 0.3 is 0 Å². The zero-order valence-electron chi connectivity index (χ0n) is 10.9. The van der Waals surface area contributed by atoms with Crippen molar-refractivity contribution in [3.63, 3.8) is 0 Å². The molecule has 0 radical (unpaired) electrons. The smallest absolute Gasteiger partial charge is 0.137 e. The maximum Gasteiger partial charge on any atom is 0.137 e. The minimum atomic E-state index is 0.266. The van der Waals surface area contributed by atoms with E-state index in [-0.39, 0.29) is 6.10 Å². The van der Waals surface area contributed by atoms with Crippen molar-refractivity contribution in [2.45, 2.75) is 38.3 Å². The molecule has 1 aliphatic carbocycles. The highest BCUT2D eigenvalue weighted by atomic mass is 16.5. The number of ether oxygens (including phenoxy) is 1. The zero-order valence-corrected chi connectivity index (χ0v) is 10.9. The summed E-state index contributed by atoms with van der Waals surface area (Å²) >= 11 is 0. The number of aromatic nitrogens is 3.